The summed E-state index contributed by atoms with van der Waals surface area (Å²) in [4.78, 5) is 4.50. The van der Waals surface area contributed by atoms with E-state index >= 15 is 0 Å². The highest BCUT2D eigenvalue weighted by molar-refractivity contribution is 5.58. The van der Waals surface area contributed by atoms with Crippen molar-refractivity contribution in [3.8, 4) is 0 Å². The Morgan fingerprint density at radius 2 is 2.83 bits per heavy atom. The van der Waals surface area contributed by atoms with Crippen LogP contribution in [0, 0.1) is 0 Å². The van der Waals surface area contributed by atoms with E-state index in [1.54, 1.807) is 6.21 Å². The molecule has 0 aromatic carbocycles. The van der Waals surface area contributed by atoms with E-state index < -0.39 is 0 Å². The summed E-state index contributed by atoms with van der Waals surface area (Å²) in [6.45, 7) is 0. The summed E-state index contributed by atoms with van der Waals surface area (Å²) in [7, 11) is 0. The summed E-state index contributed by atoms with van der Waals surface area (Å²) in [5, 5.41) is 3.41. The lowest BCUT2D eigenvalue weighted by atomic mass is 10.4. The van der Waals surface area contributed by atoms with E-state index in [4.69, 9.17) is 5.73 Å². The van der Waals surface area contributed by atoms with Gasteiger partial charge in [0.2, 0.25) is 0 Å². The van der Waals surface area contributed by atoms with Crippen LogP contribution in [-0.2, 0) is 4.84 Å². The predicted molar refractivity (Wildman–Crippen MR) is 22.2 cm³/mol. The topological polar surface area (TPSA) is 47.6 Å². The van der Waals surface area contributed by atoms with Crippen molar-refractivity contribution in [2.75, 3.05) is 0 Å². The average Bonchev–Trinajstić information content (AvgIpc) is 1.86. The molecule has 0 saturated carbocycles. The molecule has 1 atom stereocenters. The predicted octanol–water partition coefficient (Wildman–Crippen LogP) is -0.323. The molecule has 6 heavy (non-hydrogen) atoms. The monoisotopic (exact) mass is 86.0 g/mol. The first-order valence-corrected chi connectivity index (χ1v) is 1.83. The highest BCUT2D eigenvalue weighted by atomic mass is 16.6. The van der Waals surface area contributed by atoms with Crippen LogP contribution in [-0.4, -0.2) is 12.4 Å². The van der Waals surface area contributed by atoms with E-state index in [1.165, 1.54) is 0 Å². The van der Waals surface area contributed by atoms with Crippen molar-refractivity contribution in [2.45, 2.75) is 12.6 Å². The zero-order valence-electron chi connectivity index (χ0n) is 3.29. The van der Waals surface area contributed by atoms with Gasteiger partial charge < -0.3 is 4.84 Å². The van der Waals surface area contributed by atoms with Crippen LogP contribution in [0.4, 0.5) is 0 Å². The minimum absolute atomic E-state index is 0.176. The Hall–Kier alpha value is -0.570. The van der Waals surface area contributed by atoms with Gasteiger partial charge in [-0.05, 0) is 0 Å². The van der Waals surface area contributed by atoms with E-state index in [0.717, 1.165) is 6.42 Å². The van der Waals surface area contributed by atoms with Crippen LogP contribution in [0.1, 0.15) is 6.42 Å². The molecule has 0 bridgehead atoms. The molecule has 0 aromatic rings. The third-order valence-electron chi connectivity index (χ3n) is 0.609. The fourth-order valence-corrected chi connectivity index (χ4v) is 0.311. The van der Waals surface area contributed by atoms with Crippen molar-refractivity contribution in [3.63, 3.8) is 0 Å². The number of rotatable bonds is 0. The molecule has 0 saturated heterocycles. The largest absolute Gasteiger partial charge is 0.377 e. The second-order valence-electron chi connectivity index (χ2n) is 1.17. The highest BCUT2D eigenvalue weighted by Gasteiger charge is 2.03. The third-order valence-corrected chi connectivity index (χ3v) is 0.609. The molecule has 1 aliphatic rings. The van der Waals surface area contributed by atoms with Crippen LogP contribution in [0.3, 0.4) is 0 Å². The SMILES string of the molecule is NC1CC=NO1. The molecule has 1 unspecified atom stereocenters. The van der Waals surface area contributed by atoms with Gasteiger partial charge in [-0.2, -0.15) is 0 Å². The minimum atomic E-state index is -0.176. The Balaban J connectivity index is 2.32. The maximum absolute atomic E-state index is 5.19. The normalized spacial score (nSPS) is 30.5. The van der Waals surface area contributed by atoms with Crippen molar-refractivity contribution in [3.05, 3.63) is 0 Å². The molecule has 1 heterocycles. The van der Waals surface area contributed by atoms with Crippen molar-refractivity contribution < 1.29 is 4.84 Å². The standard InChI is InChI=1S/C3H6N2O/c4-3-1-2-5-6-3/h2-3H,1,4H2. The molecular formula is C3H6N2O. The third kappa shape index (κ3) is 0.490. The molecule has 1 aliphatic heterocycles. The molecule has 0 spiro atoms. The van der Waals surface area contributed by atoms with Gasteiger partial charge in [-0.15, -0.1) is 0 Å². The fourth-order valence-electron chi connectivity index (χ4n) is 0.311. The Bertz CT molecular complexity index is 63.2. The lowest BCUT2D eigenvalue weighted by Crippen LogP contribution is -2.16. The first-order valence-electron chi connectivity index (χ1n) is 1.83. The Morgan fingerprint density at radius 1 is 2.00 bits per heavy atom. The maximum atomic E-state index is 5.19. The van der Waals surface area contributed by atoms with Crippen molar-refractivity contribution in [1.29, 1.82) is 0 Å². The zero-order chi connectivity index (χ0) is 4.41. The van der Waals surface area contributed by atoms with Gasteiger partial charge in [0.05, 0.1) is 0 Å². The molecule has 34 valence electrons. The molecule has 0 aliphatic carbocycles. The number of oxime groups is 1. The van der Waals surface area contributed by atoms with E-state index in [9.17, 15) is 0 Å². The Labute approximate surface area is 35.8 Å². The summed E-state index contributed by atoms with van der Waals surface area (Å²) < 4.78 is 0. The number of nitrogens with two attached hydrogens (primary N) is 1. The number of nitrogens with zero attached hydrogens (tertiary/aromatic N) is 1. The first kappa shape index (κ1) is 3.61. The Morgan fingerprint density at radius 3 is 3.00 bits per heavy atom. The van der Waals surface area contributed by atoms with Crippen LogP contribution >= 0.6 is 0 Å². The van der Waals surface area contributed by atoms with Crippen LogP contribution < -0.4 is 5.73 Å². The van der Waals surface area contributed by atoms with Crippen molar-refractivity contribution in [2.24, 2.45) is 10.9 Å². The lowest BCUT2D eigenvalue weighted by molar-refractivity contribution is 0.0907. The molecule has 3 nitrogen and oxygen atoms in total. The summed E-state index contributed by atoms with van der Waals surface area (Å²) in [5.41, 5.74) is 5.19. The highest BCUT2D eigenvalue weighted by Crippen LogP contribution is 1.94. The smallest absolute Gasteiger partial charge is 0.181 e. The van der Waals surface area contributed by atoms with Gasteiger partial charge in [0, 0.05) is 12.6 Å². The number of hydrogen-bond donors (Lipinski definition) is 1. The molecule has 0 radical (unpaired) electrons. The lowest BCUT2D eigenvalue weighted by Gasteiger charge is -1.93. The van der Waals surface area contributed by atoms with Gasteiger partial charge in [0.25, 0.3) is 0 Å². The van der Waals surface area contributed by atoms with E-state index in [0.29, 0.717) is 0 Å². The van der Waals surface area contributed by atoms with E-state index in [2.05, 4.69) is 9.99 Å². The molecule has 0 fully saturated rings. The van der Waals surface area contributed by atoms with Gasteiger partial charge in [-0.25, -0.2) is 0 Å². The molecule has 0 amide bonds. The molecule has 1 rings (SSSR count). The average molecular weight is 86.1 g/mol. The minimum Gasteiger partial charge on any atom is -0.377 e. The summed E-state index contributed by atoms with van der Waals surface area (Å²) >= 11 is 0. The Kier molecular flexibility index (Phi) is 0.759. The zero-order valence-corrected chi connectivity index (χ0v) is 3.29. The second-order valence-corrected chi connectivity index (χ2v) is 1.17. The van der Waals surface area contributed by atoms with Crippen molar-refractivity contribution >= 4 is 6.21 Å². The summed E-state index contributed by atoms with van der Waals surface area (Å²) in [6, 6.07) is 0. The van der Waals surface area contributed by atoms with Crippen LogP contribution in [0.25, 0.3) is 0 Å². The van der Waals surface area contributed by atoms with Gasteiger partial charge in [-0.3, -0.25) is 5.73 Å². The molecule has 0 aromatic heterocycles. The van der Waals surface area contributed by atoms with Crippen molar-refractivity contribution in [1.82, 2.24) is 0 Å². The molecule has 2 N–H and O–H groups in total. The first-order chi connectivity index (χ1) is 2.89. The summed E-state index contributed by atoms with van der Waals surface area (Å²) in [5.74, 6) is 0. The van der Waals surface area contributed by atoms with E-state index in [1.807, 2.05) is 0 Å². The maximum Gasteiger partial charge on any atom is 0.181 e. The number of hydrogen-bond acceptors (Lipinski definition) is 3. The van der Waals surface area contributed by atoms with Crippen LogP contribution in [0.15, 0.2) is 5.16 Å². The van der Waals surface area contributed by atoms with Gasteiger partial charge in [0.15, 0.2) is 6.23 Å². The van der Waals surface area contributed by atoms with Crippen LogP contribution in [0.2, 0.25) is 0 Å². The van der Waals surface area contributed by atoms with Gasteiger partial charge in [-0.1, -0.05) is 5.16 Å². The summed E-state index contributed by atoms with van der Waals surface area (Å²) in [6.07, 6.45) is 2.23. The van der Waals surface area contributed by atoms with Gasteiger partial charge >= 0.3 is 0 Å². The van der Waals surface area contributed by atoms with Crippen LogP contribution in [0.5, 0.6) is 0 Å². The van der Waals surface area contributed by atoms with E-state index in [-0.39, 0.29) is 6.23 Å². The molecular weight excluding hydrogens is 80.0 g/mol. The van der Waals surface area contributed by atoms with Gasteiger partial charge in [0.1, 0.15) is 0 Å². The second kappa shape index (κ2) is 1.26. The molecule has 3 heteroatoms. The fraction of sp³-hybridized carbons (Fsp3) is 0.667. The quantitative estimate of drug-likeness (QED) is 0.439.